The molecule has 5 nitrogen and oxygen atoms in total. The third-order valence-electron chi connectivity index (χ3n) is 3.54. The van der Waals surface area contributed by atoms with Gasteiger partial charge >= 0.3 is 0 Å². The van der Waals surface area contributed by atoms with Crippen molar-refractivity contribution in [3.8, 4) is 0 Å². The lowest BCUT2D eigenvalue weighted by molar-refractivity contribution is -0.118. The van der Waals surface area contributed by atoms with Gasteiger partial charge in [0.1, 0.15) is 5.82 Å². The summed E-state index contributed by atoms with van der Waals surface area (Å²) in [6, 6.07) is 9.13. The van der Waals surface area contributed by atoms with Crippen LogP contribution in [0.4, 0.5) is 22.9 Å². The van der Waals surface area contributed by atoms with E-state index >= 15 is 0 Å². The third kappa shape index (κ3) is 1.97. The fourth-order valence-electron chi connectivity index (χ4n) is 2.45. The first-order valence-electron chi connectivity index (χ1n) is 6.51. The van der Waals surface area contributed by atoms with Gasteiger partial charge in [0.05, 0.1) is 17.1 Å². The first-order chi connectivity index (χ1) is 9.56. The van der Waals surface area contributed by atoms with E-state index in [-0.39, 0.29) is 5.91 Å². The van der Waals surface area contributed by atoms with E-state index in [1.54, 1.807) is 23.1 Å². The smallest absolute Gasteiger partial charge is 0.233 e. The Kier molecular flexibility index (Phi) is 2.82. The molecule has 0 saturated heterocycles. The summed E-state index contributed by atoms with van der Waals surface area (Å²) in [5, 5.41) is 0. The number of carbonyl (C=O) groups is 1. The highest BCUT2D eigenvalue weighted by atomic mass is 16.2. The summed E-state index contributed by atoms with van der Waals surface area (Å²) in [5.41, 5.74) is 15.6. The second kappa shape index (κ2) is 4.52. The summed E-state index contributed by atoms with van der Waals surface area (Å²) >= 11 is 0. The van der Waals surface area contributed by atoms with Crippen LogP contribution in [0.2, 0.25) is 0 Å². The van der Waals surface area contributed by atoms with E-state index in [0.717, 1.165) is 16.9 Å². The molecule has 0 aliphatic carbocycles. The molecule has 102 valence electrons. The Bertz CT molecular complexity index is 696. The van der Waals surface area contributed by atoms with Gasteiger partial charge in [-0.25, -0.2) is 4.98 Å². The Labute approximate surface area is 117 Å². The van der Waals surface area contributed by atoms with E-state index in [2.05, 4.69) is 4.98 Å². The van der Waals surface area contributed by atoms with E-state index < -0.39 is 0 Å². The molecular weight excluding hydrogens is 252 g/mol. The molecule has 0 fully saturated rings. The minimum atomic E-state index is 0.0407. The average Bonchev–Trinajstić information content (AvgIpc) is 2.42. The maximum absolute atomic E-state index is 12.3. The van der Waals surface area contributed by atoms with E-state index in [1.165, 1.54) is 0 Å². The highest BCUT2D eigenvalue weighted by Gasteiger charge is 2.26. The molecule has 2 aromatic rings. The number of nitrogens with zero attached hydrogens (tertiary/aromatic N) is 2. The van der Waals surface area contributed by atoms with Crippen LogP contribution in [-0.4, -0.2) is 10.9 Å². The number of rotatable bonds is 1. The van der Waals surface area contributed by atoms with Crippen molar-refractivity contribution in [3.05, 3.63) is 41.6 Å². The third-order valence-corrected chi connectivity index (χ3v) is 3.54. The number of pyridine rings is 1. The Morgan fingerprint density at radius 3 is 2.70 bits per heavy atom. The Morgan fingerprint density at radius 1 is 1.15 bits per heavy atom. The molecule has 1 aliphatic rings. The zero-order chi connectivity index (χ0) is 14.3. The quantitative estimate of drug-likeness (QED) is 0.776. The van der Waals surface area contributed by atoms with Crippen LogP contribution in [0, 0.1) is 6.92 Å². The van der Waals surface area contributed by atoms with Crippen LogP contribution < -0.4 is 16.4 Å². The monoisotopic (exact) mass is 268 g/mol. The SMILES string of the molecule is Cc1nc(N2C(=O)CCc3cc(N)ccc32)ccc1N. The van der Waals surface area contributed by atoms with Crippen molar-refractivity contribution < 1.29 is 4.79 Å². The average molecular weight is 268 g/mol. The van der Waals surface area contributed by atoms with Gasteiger partial charge < -0.3 is 11.5 Å². The van der Waals surface area contributed by atoms with Gasteiger partial charge in [-0.15, -0.1) is 0 Å². The van der Waals surface area contributed by atoms with Crippen molar-refractivity contribution in [2.24, 2.45) is 0 Å². The summed E-state index contributed by atoms with van der Waals surface area (Å²) in [5.74, 6) is 0.645. The molecule has 3 rings (SSSR count). The highest BCUT2D eigenvalue weighted by Crippen LogP contribution is 2.34. The summed E-state index contributed by atoms with van der Waals surface area (Å²) < 4.78 is 0. The lowest BCUT2D eigenvalue weighted by Gasteiger charge is -2.29. The zero-order valence-corrected chi connectivity index (χ0v) is 11.3. The van der Waals surface area contributed by atoms with Crippen LogP contribution in [0.5, 0.6) is 0 Å². The molecule has 0 atom stereocenters. The highest BCUT2D eigenvalue weighted by molar-refractivity contribution is 6.02. The van der Waals surface area contributed by atoms with Crippen LogP contribution in [0.25, 0.3) is 0 Å². The Hall–Kier alpha value is -2.56. The number of fused-ring (bicyclic) bond motifs is 1. The first kappa shape index (κ1) is 12.5. The summed E-state index contributed by atoms with van der Waals surface area (Å²) in [6.07, 6.45) is 1.17. The molecule has 0 spiro atoms. The van der Waals surface area contributed by atoms with Gasteiger partial charge in [-0.2, -0.15) is 0 Å². The van der Waals surface area contributed by atoms with E-state index in [1.807, 2.05) is 19.1 Å². The minimum Gasteiger partial charge on any atom is -0.399 e. The number of nitrogen functional groups attached to an aromatic ring is 2. The van der Waals surface area contributed by atoms with Crippen molar-refractivity contribution in [1.29, 1.82) is 0 Å². The first-order valence-corrected chi connectivity index (χ1v) is 6.51. The predicted molar refractivity (Wildman–Crippen MR) is 79.7 cm³/mol. The van der Waals surface area contributed by atoms with Gasteiger partial charge in [0.2, 0.25) is 5.91 Å². The molecule has 2 heterocycles. The van der Waals surface area contributed by atoms with Gasteiger partial charge in [-0.05, 0) is 49.2 Å². The normalized spacial score (nSPS) is 14.2. The second-order valence-corrected chi connectivity index (χ2v) is 4.96. The van der Waals surface area contributed by atoms with E-state index in [9.17, 15) is 4.79 Å². The van der Waals surface area contributed by atoms with Crippen LogP contribution in [0.15, 0.2) is 30.3 Å². The number of hydrogen-bond donors (Lipinski definition) is 2. The molecule has 1 aliphatic heterocycles. The number of nitrogens with two attached hydrogens (primary N) is 2. The number of amides is 1. The molecule has 0 bridgehead atoms. The van der Waals surface area contributed by atoms with Crippen LogP contribution in [0.1, 0.15) is 17.7 Å². The Balaban J connectivity index is 2.13. The number of benzene rings is 1. The largest absolute Gasteiger partial charge is 0.399 e. The molecule has 5 heteroatoms. The number of aromatic nitrogens is 1. The van der Waals surface area contributed by atoms with Crippen LogP contribution in [-0.2, 0) is 11.2 Å². The standard InChI is InChI=1S/C15H16N4O/c1-9-12(17)4-6-14(18-9)19-13-5-3-11(16)8-10(13)2-7-15(19)20/h3-6,8H,2,7,16-17H2,1H3. The fourth-order valence-corrected chi connectivity index (χ4v) is 2.45. The molecule has 0 saturated carbocycles. The van der Waals surface area contributed by atoms with E-state index in [0.29, 0.717) is 30.0 Å². The summed E-state index contributed by atoms with van der Waals surface area (Å²) in [6.45, 7) is 1.83. The maximum atomic E-state index is 12.3. The van der Waals surface area contributed by atoms with Gasteiger partial charge in [-0.1, -0.05) is 0 Å². The van der Waals surface area contributed by atoms with Gasteiger partial charge in [0.25, 0.3) is 0 Å². The van der Waals surface area contributed by atoms with Gasteiger partial charge in [0.15, 0.2) is 0 Å². The lowest BCUT2D eigenvalue weighted by atomic mass is 10.0. The van der Waals surface area contributed by atoms with Crippen LogP contribution >= 0.6 is 0 Å². The van der Waals surface area contributed by atoms with E-state index in [4.69, 9.17) is 11.5 Å². The summed E-state index contributed by atoms with van der Waals surface area (Å²) in [7, 11) is 0. The molecule has 1 aromatic heterocycles. The number of carbonyl (C=O) groups excluding carboxylic acids is 1. The number of aryl methyl sites for hydroxylation is 2. The lowest BCUT2D eigenvalue weighted by Crippen LogP contribution is -2.31. The molecule has 1 amide bonds. The molecule has 1 aromatic carbocycles. The van der Waals surface area contributed by atoms with Crippen LogP contribution in [0.3, 0.4) is 0 Å². The molecule has 4 N–H and O–H groups in total. The minimum absolute atomic E-state index is 0.0407. The van der Waals surface area contributed by atoms with Gasteiger partial charge in [-0.3, -0.25) is 9.69 Å². The Morgan fingerprint density at radius 2 is 1.95 bits per heavy atom. The maximum Gasteiger partial charge on any atom is 0.233 e. The fraction of sp³-hybridized carbons (Fsp3) is 0.200. The molecule has 20 heavy (non-hydrogen) atoms. The molecule has 0 radical (unpaired) electrons. The van der Waals surface area contributed by atoms with Crippen molar-refractivity contribution in [2.75, 3.05) is 16.4 Å². The summed E-state index contributed by atoms with van der Waals surface area (Å²) in [4.78, 5) is 18.3. The molecule has 0 unspecified atom stereocenters. The van der Waals surface area contributed by atoms with Crippen molar-refractivity contribution in [1.82, 2.24) is 4.98 Å². The number of anilines is 4. The number of hydrogen-bond acceptors (Lipinski definition) is 4. The topological polar surface area (TPSA) is 85.2 Å². The van der Waals surface area contributed by atoms with Gasteiger partial charge in [0, 0.05) is 12.1 Å². The zero-order valence-electron chi connectivity index (χ0n) is 11.3. The predicted octanol–water partition coefficient (Wildman–Crippen LogP) is 2.17. The van der Waals surface area contributed by atoms with Crippen molar-refractivity contribution in [3.63, 3.8) is 0 Å². The second-order valence-electron chi connectivity index (χ2n) is 4.96. The van der Waals surface area contributed by atoms with Crippen molar-refractivity contribution >= 4 is 28.8 Å². The molecular formula is C15H16N4O. The van der Waals surface area contributed by atoms with Crippen molar-refractivity contribution in [2.45, 2.75) is 19.8 Å².